The minimum absolute atomic E-state index is 0.411. The molecule has 0 radical (unpaired) electrons. The highest BCUT2D eigenvalue weighted by Crippen LogP contribution is 2.33. The summed E-state index contributed by atoms with van der Waals surface area (Å²) in [6.45, 7) is 5.16. The third-order valence-corrected chi connectivity index (χ3v) is 6.30. The van der Waals surface area contributed by atoms with Gasteiger partial charge in [0.25, 0.3) is 0 Å². The number of likely N-dealkylation sites (tertiary alicyclic amines) is 1. The van der Waals surface area contributed by atoms with Gasteiger partial charge in [-0.05, 0) is 62.1 Å². The summed E-state index contributed by atoms with van der Waals surface area (Å²) in [5.41, 5.74) is 1.39. The van der Waals surface area contributed by atoms with Gasteiger partial charge < -0.3 is 14.2 Å². The molecule has 0 N–H and O–H groups in total. The maximum atomic E-state index is 6.40. The molecule has 0 aromatic heterocycles. The van der Waals surface area contributed by atoms with Crippen LogP contribution in [0.15, 0.2) is 24.3 Å². The molecule has 144 valence electrons. The molecule has 2 atom stereocenters. The molecule has 4 heteroatoms. The highest BCUT2D eigenvalue weighted by atomic mass is 16.5. The molecule has 1 aromatic carbocycles. The van der Waals surface area contributed by atoms with E-state index in [9.17, 15) is 0 Å². The van der Waals surface area contributed by atoms with Crippen molar-refractivity contribution in [3.05, 3.63) is 29.8 Å². The second kappa shape index (κ2) is 8.73. The molecule has 2 heterocycles. The molecule has 26 heavy (non-hydrogen) atoms. The van der Waals surface area contributed by atoms with Crippen molar-refractivity contribution >= 4 is 0 Å². The molecule has 3 fully saturated rings. The normalized spacial score (nSPS) is 28.2. The Balaban J connectivity index is 1.40. The molecule has 4 nitrogen and oxygen atoms in total. The Labute approximate surface area is 157 Å². The highest BCUT2D eigenvalue weighted by molar-refractivity contribution is 5.27. The van der Waals surface area contributed by atoms with Gasteiger partial charge in [0.05, 0.1) is 13.2 Å². The number of methoxy groups -OCH3 is 1. The quantitative estimate of drug-likeness (QED) is 0.745. The van der Waals surface area contributed by atoms with Gasteiger partial charge in [0.15, 0.2) is 0 Å². The third kappa shape index (κ3) is 4.79. The first kappa shape index (κ1) is 18.3. The topological polar surface area (TPSA) is 30.9 Å². The van der Waals surface area contributed by atoms with Crippen molar-refractivity contribution in [3.8, 4) is 5.75 Å². The largest absolute Gasteiger partial charge is 0.497 e. The van der Waals surface area contributed by atoms with Gasteiger partial charge in [-0.15, -0.1) is 0 Å². The van der Waals surface area contributed by atoms with E-state index in [-0.39, 0.29) is 0 Å². The van der Waals surface area contributed by atoms with Gasteiger partial charge in [-0.2, -0.15) is 0 Å². The summed E-state index contributed by atoms with van der Waals surface area (Å²) in [6.07, 6.45) is 7.78. The molecule has 0 unspecified atom stereocenters. The van der Waals surface area contributed by atoms with Crippen LogP contribution in [-0.2, 0) is 15.9 Å². The van der Waals surface area contributed by atoms with Crippen molar-refractivity contribution in [3.63, 3.8) is 0 Å². The van der Waals surface area contributed by atoms with Crippen LogP contribution in [0.5, 0.6) is 5.75 Å². The average molecular weight is 360 g/mol. The van der Waals surface area contributed by atoms with Crippen LogP contribution in [0.1, 0.15) is 37.7 Å². The summed E-state index contributed by atoms with van der Waals surface area (Å²) < 4.78 is 17.3. The highest BCUT2D eigenvalue weighted by Gasteiger charge is 2.35. The van der Waals surface area contributed by atoms with Crippen molar-refractivity contribution in [1.29, 1.82) is 0 Å². The standard InChI is InChI=1S/C22H33NO3/c1-24-21-6-4-17(5-7-21)14-19-15-23(20-9-12-25-13-10-20)11-8-22(19)26-16-18-2-3-18/h4-7,18-20,22H,2-3,8-16H2,1H3/t19-,22-/m1/s1. The summed E-state index contributed by atoms with van der Waals surface area (Å²) in [4.78, 5) is 2.72. The molecule has 0 spiro atoms. The lowest BCUT2D eigenvalue weighted by Gasteiger charge is -2.43. The van der Waals surface area contributed by atoms with E-state index in [4.69, 9.17) is 14.2 Å². The molecule has 1 aliphatic carbocycles. The minimum atomic E-state index is 0.411. The Hall–Kier alpha value is -1.10. The van der Waals surface area contributed by atoms with Crippen LogP contribution in [0.25, 0.3) is 0 Å². The third-order valence-electron chi connectivity index (χ3n) is 6.30. The monoisotopic (exact) mass is 359 g/mol. The van der Waals surface area contributed by atoms with Crippen LogP contribution in [0, 0.1) is 11.8 Å². The average Bonchev–Trinajstić information content (AvgIpc) is 3.53. The molecule has 1 aromatic rings. The molecule has 4 rings (SSSR count). The van der Waals surface area contributed by atoms with Crippen molar-refractivity contribution < 1.29 is 14.2 Å². The first-order chi connectivity index (χ1) is 12.8. The fourth-order valence-corrected chi connectivity index (χ4v) is 4.44. The van der Waals surface area contributed by atoms with E-state index < -0.39 is 0 Å². The fourth-order valence-electron chi connectivity index (χ4n) is 4.44. The zero-order valence-corrected chi connectivity index (χ0v) is 16.1. The van der Waals surface area contributed by atoms with Crippen molar-refractivity contribution in [2.75, 3.05) is 40.0 Å². The second-order valence-corrected chi connectivity index (χ2v) is 8.25. The Kier molecular flexibility index (Phi) is 6.13. The lowest BCUT2D eigenvalue weighted by atomic mass is 9.87. The zero-order chi connectivity index (χ0) is 17.8. The number of hydrogen-bond donors (Lipinski definition) is 0. The predicted octanol–water partition coefficient (Wildman–Crippen LogP) is 3.53. The van der Waals surface area contributed by atoms with Crippen LogP contribution in [0.4, 0.5) is 0 Å². The summed E-state index contributed by atoms with van der Waals surface area (Å²) in [5.74, 6) is 2.35. The molecule has 1 saturated carbocycles. The predicted molar refractivity (Wildman–Crippen MR) is 103 cm³/mol. The molecular formula is C22H33NO3. The maximum absolute atomic E-state index is 6.40. The summed E-state index contributed by atoms with van der Waals surface area (Å²) in [5, 5.41) is 0. The van der Waals surface area contributed by atoms with Gasteiger partial charge >= 0.3 is 0 Å². The molecule has 2 aliphatic heterocycles. The Morgan fingerprint density at radius 3 is 2.50 bits per heavy atom. The van der Waals surface area contributed by atoms with E-state index in [1.54, 1.807) is 7.11 Å². The van der Waals surface area contributed by atoms with Crippen molar-refractivity contribution in [2.24, 2.45) is 11.8 Å². The van der Waals surface area contributed by atoms with Crippen molar-refractivity contribution in [1.82, 2.24) is 4.90 Å². The van der Waals surface area contributed by atoms with Crippen LogP contribution in [0.2, 0.25) is 0 Å². The van der Waals surface area contributed by atoms with Gasteiger partial charge in [-0.25, -0.2) is 0 Å². The van der Waals surface area contributed by atoms with Gasteiger partial charge in [0.1, 0.15) is 5.75 Å². The van der Waals surface area contributed by atoms with E-state index in [0.29, 0.717) is 18.1 Å². The van der Waals surface area contributed by atoms with Crippen LogP contribution < -0.4 is 4.74 Å². The van der Waals surface area contributed by atoms with Gasteiger partial charge in [0.2, 0.25) is 0 Å². The number of rotatable bonds is 7. The van der Waals surface area contributed by atoms with E-state index in [0.717, 1.165) is 44.5 Å². The van der Waals surface area contributed by atoms with Gasteiger partial charge in [0, 0.05) is 44.9 Å². The number of hydrogen-bond acceptors (Lipinski definition) is 4. The van der Waals surface area contributed by atoms with E-state index >= 15 is 0 Å². The van der Waals surface area contributed by atoms with E-state index in [1.165, 1.54) is 44.2 Å². The van der Waals surface area contributed by atoms with E-state index in [1.807, 2.05) is 0 Å². The minimum Gasteiger partial charge on any atom is -0.497 e. The van der Waals surface area contributed by atoms with Gasteiger partial charge in [-0.3, -0.25) is 4.90 Å². The van der Waals surface area contributed by atoms with Crippen LogP contribution in [-0.4, -0.2) is 57.1 Å². The summed E-state index contributed by atoms with van der Waals surface area (Å²) in [7, 11) is 1.73. The lowest BCUT2D eigenvalue weighted by Crippen LogP contribution is -2.50. The molecule has 3 aliphatic rings. The lowest BCUT2D eigenvalue weighted by molar-refractivity contribution is -0.0583. The smallest absolute Gasteiger partial charge is 0.118 e. The molecule has 0 bridgehead atoms. The number of ether oxygens (including phenoxy) is 3. The van der Waals surface area contributed by atoms with Crippen LogP contribution >= 0.6 is 0 Å². The fraction of sp³-hybridized carbons (Fsp3) is 0.727. The number of benzene rings is 1. The van der Waals surface area contributed by atoms with E-state index in [2.05, 4.69) is 29.2 Å². The number of nitrogens with zero attached hydrogens (tertiary/aromatic N) is 1. The summed E-state index contributed by atoms with van der Waals surface area (Å²) in [6, 6.07) is 9.28. The molecule has 2 saturated heterocycles. The first-order valence-electron chi connectivity index (χ1n) is 10.4. The zero-order valence-electron chi connectivity index (χ0n) is 16.1. The number of piperidine rings is 1. The van der Waals surface area contributed by atoms with Crippen molar-refractivity contribution in [2.45, 2.75) is 50.7 Å². The Morgan fingerprint density at radius 1 is 1.04 bits per heavy atom. The Morgan fingerprint density at radius 2 is 1.81 bits per heavy atom. The summed E-state index contributed by atoms with van der Waals surface area (Å²) >= 11 is 0. The van der Waals surface area contributed by atoms with Crippen LogP contribution in [0.3, 0.4) is 0 Å². The molecule has 0 amide bonds. The maximum Gasteiger partial charge on any atom is 0.118 e. The SMILES string of the molecule is COc1ccc(C[C@@H]2CN(C3CCOCC3)CC[C@H]2OCC2CC2)cc1. The first-order valence-corrected chi connectivity index (χ1v) is 10.4. The van der Waals surface area contributed by atoms with Gasteiger partial charge in [-0.1, -0.05) is 12.1 Å². The molecular weight excluding hydrogens is 326 g/mol. The Bertz CT molecular complexity index is 551. The second-order valence-electron chi connectivity index (χ2n) is 8.25.